The molecule has 1 fully saturated rings. The number of aromatic amines is 1. The van der Waals surface area contributed by atoms with Gasteiger partial charge >= 0.3 is 5.69 Å². The third-order valence-electron chi connectivity index (χ3n) is 4.36. The van der Waals surface area contributed by atoms with Crippen LogP contribution in [0.2, 0.25) is 0 Å². The number of H-pyrrole nitrogens is 1. The number of nitro groups is 1. The van der Waals surface area contributed by atoms with Gasteiger partial charge in [-0.3, -0.25) is 24.3 Å². The molecule has 1 unspecified atom stereocenters. The second-order valence-electron chi connectivity index (χ2n) is 6.15. The van der Waals surface area contributed by atoms with Gasteiger partial charge < -0.3 is 19.8 Å². The van der Waals surface area contributed by atoms with Crippen LogP contribution < -0.4 is 21.3 Å². The van der Waals surface area contributed by atoms with E-state index in [-0.39, 0.29) is 35.3 Å². The lowest BCUT2D eigenvalue weighted by Crippen LogP contribution is -2.41. The van der Waals surface area contributed by atoms with E-state index in [0.29, 0.717) is 6.61 Å². The molecule has 0 saturated carbocycles. The van der Waals surface area contributed by atoms with Crippen molar-refractivity contribution >= 4 is 17.3 Å². The van der Waals surface area contributed by atoms with Crippen LogP contribution in [0.1, 0.15) is 23.2 Å². The summed E-state index contributed by atoms with van der Waals surface area (Å²) in [6.45, 7) is 0.619. The monoisotopic (exact) mass is 390 g/mol. The van der Waals surface area contributed by atoms with Crippen LogP contribution in [-0.2, 0) is 11.3 Å². The first kappa shape index (κ1) is 19.3. The molecule has 3 rings (SSSR count). The first-order valence-corrected chi connectivity index (χ1v) is 8.48. The Balaban J connectivity index is 1.88. The van der Waals surface area contributed by atoms with Gasteiger partial charge in [-0.2, -0.15) is 0 Å². The van der Waals surface area contributed by atoms with E-state index in [1.807, 2.05) is 0 Å². The average Bonchev–Trinajstić information content (AvgIpc) is 3.18. The molecule has 0 spiro atoms. The summed E-state index contributed by atoms with van der Waals surface area (Å²) in [6.07, 6.45) is 2.34. The van der Waals surface area contributed by atoms with Crippen LogP contribution >= 0.6 is 0 Å². The highest BCUT2D eigenvalue weighted by molar-refractivity contribution is 6.04. The third-order valence-corrected chi connectivity index (χ3v) is 4.36. The maximum Gasteiger partial charge on any atom is 0.328 e. The van der Waals surface area contributed by atoms with Gasteiger partial charge in [-0.25, -0.2) is 4.79 Å². The highest BCUT2D eigenvalue weighted by Gasteiger charge is 2.22. The van der Waals surface area contributed by atoms with E-state index in [1.54, 1.807) is 0 Å². The van der Waals surface area contributed by atoms with Crippen LogP contribution in [-0.4, -0.2) is 40.2 Å². The molecule has 1 aromatic carbocycles. The largest absolute Gasteiger partial charge is 0.494 e. The van der Waals surface area contributed by atoms with E-state index in [0.717, 1.165) is 29.7 Å². The van der Waals surface area contributed by atoms with Crippen LogP contribution in [0.3, 0.4) is 0 Å². The first-order valence-electron chi connectivity index (χ1n) is 8.48. The number of carbonyl (C=O) groups is 1. The van der Waals surface area contributed by atoms with Crippen molar-refractivity contribution in [2.45, 2.75) is 25.5 Å². The van der Waals surface area contributed by atoms with E-state index in [9.17, 15) is 24.5 Å². The van der Waals surface area contributed by atoms with Crippen LogP contribution in [0.4, 0.5) is 11.4 Å². The molecule has 28 heavy (non-hydrogen) atoms. The zero-order valence-corrected chi connectivity index (χ0v) is 15.0. The number of hydrogen-bond donors (Lipinski definition) is 2. The first-order chi connectivity index (χ1) is 13.4. The molecule has 1 amide bonds. The van der Waals surface area contributed by atoms with Gasteiger partial charge in [0, 0.05) is 18.9 Å². The van der Waals surface area contributed by atoms with Gasteiger partial charge in [-0.05, 0) is 18.9 Å². The van der Waals surface area contributed by atoms with Gasteiger partial charge in [0.2, 0.25) is 0 Å². The SMILES string of the molecule is COc1cc([N+](=O)[O-])ccc1NC(=O)c1c[nH]c(=O)n(CC2CCCO2)c1=O. The molecule has 2 N–H and O–H groups in total. The van der Waals surface area contributed by atoms with Crippen molar-refractivity contribution in [2.24, 2.45) is 0 Å². The number of ether oxygens (including phenoxy) is 2. The molecule has 0 radical (unpaired) electrons. The van der Waals surface area contributed by atoms with Gasteiger partial charge in [0.15, 0.2) is 0 Å². The van der Waals surface area contributed by atoms with Crippen molar-refractivity contribution in [2.75, 3.05) is 19.0 Å². The number of non-ortho nitro benzene ring substituents is 1. The van der Waals surface area contributed by atoms with E-state index >= 15 is 0 Å². The van der Waals surface area contributed by atoms with Crippen LogP contribution in [0.25, 0.3) is 0 Å². The Labute approximate surface area is 158 Å². The molecule has 11 nitrogen and oxygen atoms in total. The summed E-state index contributed by atoms with van der Waals surface area (Å²) in [7, 11) is 1.29. The van der Waals surface area contributed by atoms with Crippen LogP contribution in [0.5, 0.6) is 5.75 Å². The number of rotatable bonds is 6. The minimum absolute atomic E-state index is 0.0517. The number of aromatic nitrogens is 2. The minimum Gasteiger partial charge on any atom is -0.494 e. The van der Waals surface area contributed by atoms with Gasteiger partial charge in [0.1, 0.15) is 11.3 Å². The molecule has 1 aliphatic rings. The molecule has 2 heterocycles. The lowest BCUT2D eigenvalue weighted by atomic mass is 10.2. The van der Waals surface area contributed by atoms with Gasteiger partial charge in [-0.15, -0.1) is 0 Å². The number of nitro benzene ring substituents is 1. The molecular weight excluding hydrogens is 372 g/mol. The van der Waals surface area contributed by atoms with Gasteiger partial charge in [0.25, 0.3) is 17.2 Å². The van der Waals surface area contributed by atoms with Crippen molar-refractivity contribution in [3.8, 4) is 5.75 Å². The Morgan fingerprint density at radius 3 is 2.89 bits per heavy atom. The summed E-state index contributed by atoms with van der Waals surface area (Å²) in [5.74, 6) is -0.721. The second-order valence-corrected chi connectivity index (χ2v) is 6.15. The number of carbonyl (C=O) groups excluding carboxylic acids is 1. The summed E-state index contributed by atoms with van der Waals surface area (Å²) < 4.78 is 11.4. The highest BCUT2D eigenvalue weighted by Crippen LogP contribution is 2.29. The number of nitrogens with one attached hydrogen (secondary N) is 2. The molecule has 1 atom stereocenters. The number of benzene rings is 1. The third kappa shape index (κ3) is 3.93. The van der Waals surface area contributed by atoms with Crippen molar-refractivity contribution in [3.05, 3.63) is 60.9 Å². The molecule has 2 aromatic rings. The van der Waals surface area contributed by atoms with Crippen molar-refractivity contribution in [1.29, 1.82) is 0 Å². The fourth-order valence-corrected chi connectivity index (χ4v) is 2.92. The predicted molar refractivity (Wildman–Crippen MR) is 97.9 cm³/mol. The van der Waals surface area contributed by atoms with Crippen LogP contribution in [0.15, 0.2) is 34.0 Å². The number of amides is 1. The lowest BCUT2D eigenvalue weighted by molar-refractivity contribution is -0.384. The fraction of sp³-hybridized carbons (Fsp3) is 0.353. The summed E-state index contributed by atoms with van der Waals surface area (Å²) >= 11 is 0. The molecule has 0 bridgehead atoms. The molecule has 1 aliphatic heterocycles. The van der Waals surface area contributed by atoms with Crippen LogP contribution in [0, 0.1) is 10.1 Å². The Morgan fingerprint density at radius 2 is 2.25 bits per heavy atom. The maximum atomic E-state index is 12.6. The van der Waals surface area contributed by atoms with Gasteiger partial charge in [-0.1, -0.05) is 0 Å². The number of methoxy groups -OCH3 is 1. The molecule has 1 saturated heterocycles. The topological polar surface area (TPSA) is 146 Å². The average molecular weight is 390 g/mol. The zero-order chi connectivity index (χ0) is 20.3. The second kappa shape index (κ2) is 8.05. The predicted octanol–water partition coefficient (Wildman–Crippen LogP) is 0.885. The lowest BCUT2D eigenvalue weighted by Gasteiger charge is -2.13. The Kier molecular flexibility index (Phi) is 5.54. The highest BCUT2D eigenvalue weighted by atomic mass is 16.6. The fourth-order valence-electron chi connectivity index (χ4n) is 2.92. The smallest absolute Gasteiger partial charge is 0.328 e. The van der Waals surface area contributed by atoms with E-state index in [2.05, 4.69) is 10.3 Å². The summed E-state index contributed by atoms with van der Waals surface area (Å²) in [6, 6.07) is 3.64. The summed E-state index contributed by atoms with van der Waals surface area (Å²) in [5.41, 5.74) is -1.73. The van der Waals surface area contributed by atoms with Crippen molar-refractivity contribution < 1.29 is 19.2 Å². The summed E-state index contributed by atoms with van der Waals surface area (Å²) in [5, 5.41) is 13.3. The number of nitrogens with zero attached hydrogens (tertiary/aromatic N) is 2. The molecule has 148 valence electrons. The minimum atomic E-state index is -0.783. The van der Waals surface area contributed by atoms with E-state index in [4.69, 9.17) is 9.47 Å². The molecular formula is C17H18N4O7. The number of anilines is 1. The Hall–Kier alpha value is -3.47. The van der Waals surface area contributed by atoms with E-state index < -0.39 is 22.1 Å². The molecule has 0 aliphatic carbocycles. The summed E-state index contributed by atoms with van der Waals surface area (Å²) in [4.78, 5) is 49.8. The normalized spacial score (nSPS) is 16.0. The maximum absolute atomic E-state index is 12.6. The number of hydrogen-bond acceptors (Lipinski definition) is 7. The van der Waals surface area contributed by atoms with E-state index in [1.165, 1.54) is 19.2 Å². The molecule has 1 aromatic heterocycles. The Bertz CT molecular complexity index is 1020. The zero-order valence-electron chi connectivity index (χ0n) is 15.0. The standard InChI is InChI=1S/C17H18N4O7/c1-27-14-7-10(21(25)26)4-5-13(14)19-15(22)12-8-18-17(24)20(16(12)23)9-11-3-2-6-28-11/h4-5,7-8,11H,2-3,6,9H2,1H3,(H,18,24)(H,19,22). The molecule has 11 heteroatoms. The quantitative estimate of drug-likeness (QED) is 0.550. The Morgan fingerprint density at radius 1 is 1.46 bits per heavy atom. The van der Waals surface area contributed by atoms with Gasteiger partial charge in [0.05, 0.1) is 36.4 Å². The van der Waals surface area contributed by atoms with Crippen molar-refractivity contribution in [1.82, 2.24) is 9.55 Å². The van der Waals surface area contributed by atoms with Crippen molar-refractivity contribution in [3.63, 3.8) is 0 Å².